The van der Waals surface area contributed by atoms with E-state index < -0.39 is 10.0 Å². The van der Waals surface area contributed by atoms with Crippen LogP contribution in [0.1, 0.15) is 11.1 Å². The monoisotopic (exact) mass is 420 g/mol. The normalized spacial score (nSPS) is 11.9. The Morgan fingerprint density at radius 1 is 0.800 bits per heavy atom. The van der Waals surface area contributed by atoms with Gasteiger partial charge in [0.2, 0.25) is 10.0 Å². The molecular formula is C23H24N4O2S. The molecule has 0 atom stereocenters. The van der Waals surface area contributed by atoms with Crippen molar-refractivity contribution < 1.29 is 8.42 Å². The molecule has 6 nitrogen and oxygen atoms in total. The van der Waals surface area contributed by atoms with Gasteiger partial charge in [-0.1, -0.05) is 78.0 Å². The fourth-order valence-electron chi connectivity index (χ4n) is 3.42. The maximum atomic E-state index is 13.3. The maximum absolute atomic E-state index is 13.3. The number of aryl methyl sites for hydroxylation is 1. The molecule has 1 heterocycles. The van der Waals surface area contributed by atoms with Crippen LogP contribution in [0, 0.1) is 0 Å². The van der Waals surface area contributed by atoms with Gasteiger partial charge in [-0.3, -0.25) is 0 Å². The number of fused-ring (bicyclic) bond motifs is 1. The number of rotatable bonds is 9. The number of para-hydroxylation sites is 1. The lowest BCUT2D eigenvalue weighted by Crippen LogP contribution is -2.35. The van der Waals surface area contributed by atoms with Crippen molar-refractivity contribution in [2.45, 2.75) is 19.5 Å². The van der Waals surface area contributed by atoms with Crippen molar-refractivity contribution in [3.05, 3.63) is 96.1 Å². The lowest BCUT2D eigenvalue weighted by Gasteiger charge is -2.22. The highest BCUT2D eigenvalue weighted by atomic mass is 32.2. The van der Waals surface area contributed by atoms with E-state index in [-0.39, 0.29) is 12.3 Å². The van der Waals surface area contributed by atoms with Gasteiger partial charge in [0.05, 0.1) is 17.8 Å². The summed E-state index contributed by atoms with van der Waals surface area (Å²) in [5.74, 6) is -0.0258. The number of benzene rings is 3. The van der Waals surface area contributed by atoms with Gasteiger partial charge in [0.15, 0.2) is 0 Å². The maximum Gasteiger partial charge on any atom is 0.216 e. The average molecular weight is 421 g/mol. The number of sulfonamides is 1. The molecule has 4 aromatic rings. The smallest absolute Gasteiger partial charge is 0.216 e. The average Bonchev–Trinajstić information content (AvgIpc) is 3.20. The summed E-state index contributed by atoms with van der Waals surface area (Å²) in [5.41, 5.74) is 3.69. The molecule has 0 fully saturated rings. The highest BCUT2D eigenvalue weighted by Gasteiger charge is 2.23. The zero-order chi connectivity index (χ0) is 20.8. The van der Waals surface area contributed by atoms with Crippen molar-refractivity contribution in [3.63, 3.8) is 0 Å². The molecule has 0 unspecified atom stereocenters. The number of hydrogen-bond donors (Lipinski definition) is 0. The summed E-state index contributed by atoms with van der Waals surface area (Å²) in [7, 11) is -3.49. The minimum Gasteiger partial charge on any atom is -0.244 e. The van der Waals surface area contributed by atoms with E-state index in [4.69, 9.17) is 0 Å². The summed E-state index contributed by atoms with van der Waals surface area (Å²) in [6.45, 7) is 1.05. The molecule has 0 aliphatic carbocycles. The lowest BCUT2D eigenvalue weighted by molar-refractivity contribution is 0.407. The molecule has 0 amide bonds. The van der Waals surface area contributed by atoms with Crippen LogP contribution >= 0.6 is 0 Å². The second-order valence-corrected chi connectivity index (χ2v) is 9.26. The Hall–Kier alpha value is -3.03. The van der Waals surface area contributed by atoms with Crippen LogP contribution in [0.25, 0.3) is 11.0 Å². The summed E-state index contributed by atoms with van der Waals surface area (Å²) < 4.78 is 29.7. The Bertz CT molecular complexity index is 1190. The van der Waals surface area contributed by atoms with E-state index >= 15 is 0 Å². The van der Waals surface area contributed by atoms with Crippen molar-refractivity contribution in [2.24, 2.45) is 0 Å². The highest BCUT2D eigenvalue weighted by Crippen LogP contribution is 2.14. The first-order chi connectivity index (χ1) is 14.6. The summed E-state index contributed by atoms with van der Waals surface area (Å²) in [5, 5.41) is 8.23. The van der Waals surface area contributed by atoms with E-state index in [9.17, 15) is 8.42 Å². The fraction of sp³-hybridized carbons (Fsp3) is 0.217. The van der Waals surface area contributed by atoms with Crippen LogP contribution in [0.2, 0.25) is 0 Å². The van der Waals surface area contributed by atoms with E-state index in [1.54, 1.807) is 8.99 Å². The van der Waals surface area contributed by atoms with Crippen LogP contribution in [-0.2, 0) is 29.5 Å². The van der Waals surface area contributed by atoms with Gasteiger partial charge < -0.3 is 0 Å². The molecule has 0 bridgehead atoms. The van der Waals surface area contributed by atoms with Gasteiger partial charge in [-0.15, -0.1) is 5.10 Å². The zero-order valence-electron chi connectivity index (χ0n) is 16.6. The van der Waals surface area contributed by atoms with E-state index in [2.05, 4.69) is 10.3 Å². The molecule has 0 saturated heterocycles. The fourth-order valence-corrected chi connectivity index (χ4v) is 4.79. The third kappa shape index (κ3) is 4.93. The second-order valence-electron chi connectivity index (χ2n) is 7.17. The van der Waals surface area contributed by atoms with Crippen LogP contribution < -0.4 is 0 Å². The highest BCUT2D eigenvalue weighted by molar-refractivity contribution is 7.89. The topological polar surface area (TPSA) is 68.1 Å². The summed E-state index contributed by atoms with van der Waals surface area (Å²) >= 11 is 0. The van der Waals surface area contributed by atoms with Gasteiger partial charge in [-0.05, 0) is 29.7 Å². The van der Waals surface area contributed by atoms with Crippen LogP contribution in [0.3, 0.4) is 0 Å². The molecule has 0 radical (unpaired) electrons. The van der Waals surface area contributed by atoms with Crippen LogP contribution in [0.4, 0.5) is 0 Å². The van der Waals surface area contributed by atoms with Crippen LogP contribution in [0.15, 0.2) is 84.9 Å². The molecule has 0 saturated carbocycles. The van der Waals surface area contributed by atoms with Gasteiger partial charge >= 0.3 is 0 Å². The van der Waals surface area contributed by atoms with Crippen molar-refractivity contribution in [1.82, 2.24) is 19.3 Å². The van der Waals surface area contributed by atoms with Crippen molar-refractivity contribution >= 4 is 21.1 Å². The summed E-state index contributed by atoms with van der Waals surface area (Å²) in [4.78, 5) is 0. The molecule has 0 aliphatic rings. The Morgan fingerprint density at radius 2 is 1.43 bits per heavy atom. The molecule has 3 aromatic carbocycles. The molecule has 0 spiro atoms. The molecule has 30 heavy (non-hydrogen) atoms. The predicted molar refractivity (Wildman–Crippen MR) is 118 cm³/mol. The van der Waals surface area contributed by atoms with Gasteiger partial charge in [0.25, 0.3) is 0 Å². The summed E-state index contributed by atoms with van der Waals surface area (Å²) in [6.07, 6.45) is 0.666. The number of hydrogen-bond acceptors (Lipinski definition) is 4. The number of aromatic nitrogens is 3. The Labute approximate surface area is 176 Å². The molecule has 4 rings (SSSR count). The first kappa shape index (κ1) is 20.3. The largest absolute Gasteiger partial charge is 0.244 e. The Morgan fingerprint density at radius 3 is 2.17 bits per heavy atom. The Kier molecular flexibility index (Phi) is 6.21. The minimum atomic E-state index is -3.49. The number of nitrogens with zero attached hydrogens (tertiary/aromatic N) is 4. The second kappa shape index (κ2) is 9.19. The molecule has 0 N–H and O–H groups in total. The quantitative estimate of drug-likeness (QED) is 0.416. The third-order valence-electron chi connectivity index (χ3n) is 5.07. The predicted octanol–water partition coefficient (Wildman–Crippen LogP) is 3.51. The standard InChI is InChI=1S/C23H24N4O2S/c28-30(29,18-17-27-23-14-8-7-13-22(23)24-25-27)26(19-21-11-5-2-6-12-21)16-15-20-9-3-1-4-10-20/h1-14H,15-19H2. The van der Waals surface area contributed by atoms with Gasteiger partial charge in [0, 0.05) is 13.1 Å². The molecule has 0 aliphatic heterocycles. The van der Waals surface area contributed by atoms with E-state index in [0.29, 0.717) is 19.5 Å². The van der Waals surface area contributed by atoms with E-state index in [1.165, 1.54) is 0 Å². The molecule has 154 valence electrons. The third-order valence-corrected chi connectivity index (χ3v) is 6.87. The first-order valence-corrected chi connectivity index (χ1v) is 11.6. The van der Waals surface area contributed by atoms with E-state index in [0.717, 1.165) is 22.2 Å². The molecular weight excluding hydrogens is 396 g/mol. The van der Waals surface area contributed by atoms with Gasteiger partial charge in [0.1, 0.15) is 5.52 Å². The van der Waals surface area contributed by atoms with Crippen LogP contribution in [0.5, 0.6) is 0 Å². The minimum absolute atomic E-state index is 0.0258. The Balaban J connectivity index is 1.51. The first-order valence-electron chi connectivity index (χ1n) is 9.96. The lowest BCUT2D eigenvalue weighted by atomic mass is 10.1. The van der Waals surface area contributed by atoms with E-state index in [1.807, 2.05) is 84.9 Å². The SMILES string of the molecule is O=S(=O)(CCn1nnc2ccccc21)N(CCc1ccccc1)Cc1ccccc1. The van der Waals surface area contributed by atoms with Crippen molar-refractivity contribution in [1.29, 1.82) is 0 Å². The van der Waals surface area contributed by atoms with Crippen molar-refractivity contribution in [2.75, 3.05) is 12.3 Å². The van der Waals surface area contributed by atoms with Crippen LogP contribution in [-0.4, -0.2) is 40.0 Å². The van der Waals surface area contributed by atoms with Crippen molar-refractivity contribution in [3.8, 4) is 0 Å². The molecule has 1 aromatic heterocycles. The molecule has 7 heteroatoms. The zero-order valence-corrected chi connectivity index (χ0v) is 17.4. The van der Waals surface area contributed by atoms with Gasteiger partial charge in [-0.25, -0.2) is 13.1 Å². The van der Waals surface area contributed by atoms with Gasteiger partial charge in [-0.2, -0.15) is 4.31 Å². The summed E-state index contributed by atoms with van der Waals surface area (Å²) in [6, 6.07) is 27.2.